The van der Waals surface area contributed by atoms with Crippen LogP contribution in [0, 0.1) is 10.1 Å². The van der Waals surface area contributed by atoms with Crippen molar-refractivity contribution in [3.05, 3.63) is 39.9 Å². The van der Waals surface area contributed by atoms with Gasteiger partial charge in [-0.15, -0.1) is 0 Å². The first-order valence-corrected chi connectivity index (χ1v) is 6.84. The zero-order valence-corrected chi connectivity index (χ0v) is 11.6. The molecule has 0 unspecified atom stereocenters. The molecule has 0 N–H and O–H groups in total. The molecule has 0 atom stereocenters. The van der Waals surface area contributed by atoms with Gasteiger partial charge in [0.2, 0.25) is 0 Å². The normalized spacial score (nSPS) is 15.1. The summed E-state index contributed by atoms with van der Waals surface area (Å²) in [6.45, 7) is 1.44. The smallest absolute Gasteiger partial charge is 0.270 e. The van der Waals surface area contributed by atoms with Crippen LogP contribution in [0.1, 0.15) is 24.8 Å². The van der Waals surface area contributed by atoms with E-state index in [9.17, 15) is 14.9 Å². The number of amides is 1. The van der Waals surface area contributed by atoms with Crippen molar-refractivity contribution in [3.8, 4) is 0 Å². The lowest BCUT2D eigenvalue weighted by molar-refractivity contribution is -0.384. The van der Waals surface area contributed by atoms with Gasteiger partial charge in [0.25, 0.3) is 11.6 Å². The van der Waals surface area contributed by atoms with E-state index in [1.807, 2.05) is 0 Å². The van der Waals surface area contributed by atoms with Crippen LogP contribution in [0.3, 0.4) is 0 Å². The molecule has 0 bridgehead atoms. The summed E-state index contributed by atoms with van der Waals surface area (Å²) in [5.74, 6) is -0.0779. The number of nitro benzene ring substituents is 1. The van der Waals surface area contributed by atoms with Crippen LogP contribution in [0.25, 0.3) is 0 Å². The predicted molar refractivity (Wildman–Crippen MR) is 77.1 cm³/mol. The largest absolute Gasteiger partial charge is 0.386 e. The summed E-state index contributed by atoms with van der Waals surface area (Å²) in [7, 11) is 0. The van der Waals surface area contributed by atoms with Crippen molar-refractivity contribution in [2.24, 2.45) is 5.16 Å². The van der Waals surface area contributed by atoms with Crippen molar-refractivity contribution in [3.63, 3.8) is 0 Å². The Bertz CT molecular complexity index is 539. The zero-order valence-electron chi connectivity index (χ0n) is 11.6. The lowest BCUT2D eigenvalue weighted by atomic mass is 10.1. The lowest BCUT2D eigenvalue weighted by Crippen LogP contribution is -2.37. The summed E-state index contributed by atoms with van der Waals surface area (Å²) in [6, 6.07) is 6.03. The van der Waals surface area contributed by atoms with Crippen molar-refractivity contribution < 1.29 is 14.6 Å². The predicted octanol–water partition coefficient (Wildman–Crippen LogP) is 1.96. The summed E-state index contributed by atoms with van der Waals surface area (Å²) in [5.41, 5.74) is 0.540. The highest BCUT2D eigenvalue weighted by atomic mass is 16.6. The Balaban J connectivity index is 1.81. The number of hydrogen-bond acceptors (Lipinski definition) is 5. The van der Waals surface area contributed by atoms with Gasteiger partial charge in [-0.25, -0.2) is 0 Å². The molecule has 1 heterocycles. The Hall–Kier alpha value is -2.44. The van der Waals surface area contributed by atoms with Crippen LogP contribution >= 0.6 is 0 Å². The Morgan fingerprint density at radius 1 is 1.38 bits per heavy atom. The standard InChI is InChI=1S/C14H17N3O4/c18-14(16-7-2-1-3-8-16)11-21-15-10-12-5-4-6-13(9-12)17(19)20/h4-6,9-10H,1-3,7-8,11H2. The van der Waals surface area contributed by atoms with Crippen LogP contribution < -0.4 is 0 Å². The second kappa shape index (κ2) is 7.37. The van der Waals surface area contributed by atoms with Crippen LogP contribution in [0.5, 0.6) is 0 Å². The average Bonchev–Trinajstić information content (AvgIpc) is 2.52. The summed E-state index contributed by atoms with van der Waals surface area (Å²) in [6.07, 6.45) is 4.58. The van der Waals surface area contributed by atoms with Gasteiger partial charge in [-0.2, -0.15) is 0 Å². The molecule has 1 aliphatic rings. The summed E-state index contributed by atoms with van der Waals surface area (Å²) >= 11 is 0. The number of rotatable bonds is 5. The minimum Gasteiger partial charge on any atom is -0.386 e. The summed E-state index contributed by atoms with van der Waals surface area (Å²) in [5, 5.41) is 14.3. The highest BCUT2D eigenvalue weighted by Crippen LogP contribution is 2.11. The second-order valence-corrected chi connectivity index (χ2v) is 4.80. The minimum absolute atomic E-state index is 0.0108. The van der Waals surface area contributed by atoms with E-state index in [1.54, 1.807) is 17.0 Å². The molecule has 112 valence electrons. The van der Waals surface area contributed by atoms with Crippen molar-refractivity contribution in [2.45, 2.75) is 19.3 Å². The SMILES string of the molecule is O=C(CON=Cc1cccc([N+](=O)[O-])c1)N1CCCCC1. The van der Waals surface area contributed by atoms with Crippen LogP contribution in [-0.2, 0) is 9.63 Å². The van der Waals surface area contributed by atoms with Gasteiger partial charge in [0.1, 0.15) is 0 Å². The number of carbonyl (C=O) groups is 1. The van der Waals surface area contributed by atoms with Crippen LogP contribution in [0.15, 0.2) is 29.4 Å². The third-order valence-electron chi connectivity index (χ3n) is 3.25. The maximum atomic E-state index is 11.8. The van der Waals surface area contributed by atoms with E-state index < -0.39 is 4.92 Å². The number of non-ortho nitro benzene ring substituents is 1. The van der Waals surface area contributed by atoms with Crippen molar-refractivity contribution in [1.29, 1.82) is 0 Å². The van der Waals surface area contributed by atoms with Gasteiger partial charge in [0.15, 0.2) is 6.61 Å². The molecule has 7 heteroatoms. The Morgan fingerprint density at radius 2 is 2.14 bits per heavy atom. The topological polar surface area (TPSA) is 85.0 Å². The molecular formula is C14H17N3O4. The molecule has 1 saturated heterocycles. The van der Waals surface area contributed by atoms with Gasteiger partial charge in [-0.3, -0.25) is 14.9 Å². The highest BCUT2D eigenvalue weighted by Gasteiger charge is 2.16. The molecule has 1 aromatic rings. The van der Waals surface area contributed by atoms with Gasteiger partial charge in [-0.05, 0) is 19.3 Å². The minimum atomic E-state index is -0.474. The second-order valence-electron chi connectivity index (χ2n) is 4.80. The van der Waals surface area contributed by atoms with Gasteiger partial charge >= 0.3 is 0 Å². The molecule has 1 aliphatic heterocycles. The first-order chi connectivity index (χ1) is 10.2. The molecule has 1 aromatic carbocycles. The fourth-order valence-corrected chi connectivity index (χ4v) is 2.14. The van der Waals surface area contributed by atoms with E-state index in [2.05, 4.69) is 5.16 Å². The highest BCUT2D eigenvalue weighted by molar-refractivity contribution is 5.80. The molecular weight excluding hydrogens is 274 g/mol. The van der Waals surface area contributed by atoms with Crippen LogP contribution in [-0.4, -0.2) is 41.6 Å². The Labute approximate surface area is 122 Å². The molecule has 7 nitrogen and oxygen atoms in total. The fraction of sp³-hybridized carbons (Fsp3) is 0.429. The van der Waals surface area contributed by atoms with Gasteiger partial charge in [-0.1, -0.05) is 17.3 Å². The number of carbonyl (C=O) groups excluding carboxylic acids is 1. The van der Waals surface area contributed by atoms with Gasteiger partial charge in [0, 0.05) is 30.8 Å². The zero-order chi connectivity index (χ0) is 15.1. The number of nitro groups is 1. The summed E-state index contributed by atoms with van der Waals surface area (Å²) < 4.78 is 0. The number of piperidine rings is 1. The molecule has 0 spiro atoms. The Kier molecular flexibility index (Phi) is 5.25. The third kappa shape index (κ3) is 4.55. The lowest BCUT2D eigenvalue weighted by Gasteiger charge is -2.25. The number of hydrogen-bond donors (Lipinski definition) is 0. The van der Waals surface area contributed by atoms with Gasteiger partial charge < -0.3 is 9.74 Å². The molecule has 21 heavy (non-hydrogen) atoms. The van der Waals surface area contributed by atoms with Gasteiger partial charge in [0.05, 0.1) is 11.1 Å². The van der Waals surface area contributed by atoms with E-state index in [0.29, 0.717) is 5.56 Å². The van der Waals surface area contributed by atoms with E-state index >= 15 is 0 Å². The summed E-state index contributed by atoms with van der Waals surface area (Å²) in [4.78, 5) is 28.7. The van der Waals surface area contributed by atoms with E-state index in [0.717, 1.165) is 32.4 Å². The first-order valence-electron chi connectivity index (χ1n) is 6.84. The number of benzene rings is 1. The van der Waals surface area contributed by atoms with Crippen LogP contribution in [0.4, 0.5) is 5.69 Å². The van der Waals surface area contributed by atoms with Crippen molar-refractivity contribution in [1.82, 2.24) is 4.90 Å². The monoisotopic (exact) mass is 291 g/mol. The molecule has 0 aliphatic carbocycles. The molecule has 1 amide bonds. The molecule has 0 radical (unpaired) electrons. The number of oxime groups is 1. The van der Waals surface area contributed by atoms with E-state index in [-0.39, 0.29) is 18.2 Å². The molecule has 0 aromatic heterocycles. The molecule has 2 rings (SSSR count). The number of likely N-dealkylation sites (tertiary alicyclic amines) is 1. The van der Waals surface area contributed by atoms with Crippen LogP contribution in [0.2, 0.25) is 0 Å². The fourth-order valence-electron chi connectivity index (χ4n) is 2.14. The third-order valence-corrected chi connectivity index (χ3v) is 3.25. The van der Waals surface area contributed by atoms with E-state index in [1.165, 1.54) is 18.3 Å². The Morgan fingerprint density at radius 3 is 2.86 bits per heavy atom. The van der Waals surface area contributed by atoms with Crippen molar-refractivity contribution >= 4 is 17.8 Å². The van der Waals surface area contributed by atoms with Crippen molar-refractivity contribution in [2.75, 3.05) is 19.7 Å². The quantitative estimate of drug-likeness (QED) is 0.471. The number of nitrogens with zero attached hydrogens (tertiary/aromatic N) is 3. The average molecular weight is 291 g/mol. The maximum Gasteiger partial charge on any atom is 0.270 e. The van der Waals surface area contributed by atoms with E-state index in [4.69, 9.17) is 4.84 Å². The molecule has 0 saturated carbocycles. The first kappa shape index (κ1) is 15.0. The maximum absolute atomic E-state index is 11.8. The molecule has 1 fully saturated rings.